The van der Waals surface area contributed by atoms with E-state index in [0.29, 0.717) is 17.3 Å². The fourth-order valence-electron chi connectivity index (χ4n) is 2.19. The molecule has 1 aliphatic rings. The molecule has 112 valence electrons. The monoisotopic (exact) mass is 299 g/mol. The Hall–Kier alpha value is -0.810. The second kappa shape index (κ2) is 8.47. The summed E-state index contributed by atoms with van der Waals surface area (Å²) in [7, 11) is 0. The van der Waals surface area contributed by atoms with Crippen LogP contribution in [0.4, 0.5) is 0 Å². The van der Waals surface area contributed by atoms with E-state index in [1.54, 1.807) is 12.1 Å². The van der Waals surface area contributed by atoms with Crippen LogP contribution in [0.15, 0.2) is 24.3 Å². The minimum absolute atomic E-state index is 0.224. The first-order valence-electron chi connectivity index (χ1n) is 7.13. The van der Waals surface area contributed by atoms with Gasteiger partial charge in [0.1, 0.15) is 18.5 Å². The average molecular weight is 300 g/mol. The lowest BCUT2D eigenvalue weighted by atomic mass is 10.1. The predicted octanol–water partition coefficient (Wildman–Crippen LogP) is 2.24. The minimum Gasteiger partial charge on any atom is -0.489 e. The molecule has 1 aromatic rings. The number of nitrogens with one attached hydrogen (secondary N) is 1. The van der Waals surface area contributed by atoms with Crippen LogP contribution in [-0.2, 0) is 4.74 Å². The average Bonchev–Trinajstić information content (AvgIpc) is 2.47. The zero-order chi connectivity index (χ0) is 14.2. The normalized spacial score (nSPS) is 20.6. The Morgan fingerprint density at radius 1 is 1.40 bits per heavy atom. The zero-order valence-corrected chi connectivity index (χ0v) is 12.3. The van der Waals surface area contributed by atoms with E-state index in [9.17, 15) is 5.11 Å². The van der Waals surface area contributed by atoms with Crippen LogP contribution in [0, 0.1) is 0 Å². The smallest absolute Gasteiger partial charge is 0.138 e. The summed E-state index contributed by atoms with van der Waals surface area (Å²) in [6.07, 6.45) is 3.20. The molecular formula is C15H22ClNO3. The van der Waals surface area contributed by atoms with Crippen molar-refractivity contribution >= 4 is 11.6 Å². The molecule has 1 fully saturated rings. The van der Waals surface area contributed by atoms with Crippen molar-refractivity contribution in [1.82, 2.24) is 5.32 Å². The van der Waals surface area contributed by atoms with Crippen LogP contribution in [-0.4, -0.2) is 43.6 Å². The van der Waals surface area contributed by atoms with Crippen molar-refractivity contribution in [2.75, 3.05) is 26.3 Å². The summed E-state index contributed by atoms with van der Waals surface area (Å²) < 4.78 is 11.1. The molecule has 0 spiro atoms. The first-order chi connectivity index (χ1) is 9.75. The minimum atomic E-state index is -0.560. The molecule has 1 heterocycles. The van der Waals surface area contributed by atoms with Gasteiger partial charge in [-0.1, -0.05) is 23.7 Å². The first kappa shape index (κ1) is 15.6. The van der Waals surface area contributed by atoms with Crippen molar-refractivity contribution in [3.63, 3.8) is 0 Å². The van der Waals surface area contributed by atoms with Crippen molar-refractivity contribution in [3.8, 4) is 5.75 Å². The van der Waals surface area contributed by atoms with E-state index in [2.05, 4.69) is 5.32 Å². The standard InChI is InChI=1S/C15H22ClNO3/c16-14-6-1-2-7-15(14)20-11-12(18)9-17-10-13-5-3-4-8-19-13/h1-2,6-7,12-13,17-18H,3-5,8-11H2. The van der Waals surface area contributed by atoms with Gasteiger partial charge in [0.2, 0.25) is 0 Å². The fourth-order valence-corrected chi connectivity index (χ4v) is 2.38. The van der Waals surface area contributed by atoms with Gasteiger partial charge < -0.3 is 19.9 Å². The third-order valence-corrected chi connectivity index (χ3v) is 3.61. The number of hydrogen-bond acceptors (Lipinski definition) is 4. The number of halogens is 1. The topological polar surface area (TPSA) is 50.7 Å². The molecule has 2 N–H and O–H groups in total. The zero-order valence-electron chi connectivity index (χ0n) is 11.6. The molecule has 0 radical (unpaired) electrons. The lowest BCUT2D eigenvalue weighted by Gasteiger charge is -2.23. The predicted molar refractivity (Wildman–Crippen MR) is 79.4 cm³/mol. The van der Waals surface area contributed by atoms with Crippen molar-refractivity contribution < 1.29 is 14.6 Å². The van der Waals surface area contributed by atoms with Gasteiger partial charge in [0.05, 0.1) is 11.1 Å². The SMILES string of the molecule is OC(CNCC1CCCCO1)COc1ccccc1Cl. The lowest BCUT2D eigenvalue weighted by Crippen LogP contribution is -2.37. The third-order valence-electron chi connectivity index (χ3n) is 3.29. The molecule has 5 heteroatoms. The van der Waals surface area contributed by atoms with Gasteiger partial charge in [-0.15, -0.1) is 0 Å². The largest absolute Gasteiger partial charge is 0.489 e. The second-order valence-corrected chi connectivity index (χ2v) is 5.45. The Bertz CT molecular complexity index is 396. The van der Waals surface area contributed by atoms with Gasteiger partial charge in [0.25, 0.3) is 0 Å². The summed E-state index contributed by atoms with van der Waals surface area (Å²) >= 11 is 5.97. The summed E-state index contributed by atoms with van der Waals surface area (Å²) in [5, 5.41) is 13.6. The highest BCUT2D eigenvalue weighted by molar-refractivity contribution is 6.32. The highest BCUT2D eigenvalue weighted by atomic mass is 35.5. The molecule has 0 saturated carbocycles. The number of aliphatic hydroxyl groups is 1. The Balaban J connectivity index is 1.60. The molecule has 2 atom stereocenters. The molecule has 1 aliphatic heterocycles. The Labute approximate surface area is 125 Å². The molecule has 2 unspecified atom stereocenters. The van der Waals surface area contributed by atoms with Crippen LogP contribution in [0.2, 0.25) is 5.02 Å². The molecular weight excluding hydrogens is 278 g/mol. The molecule has 1 saturated heterocycles. The number of hydrogen-bond donors (Lipinski definition) is 2. The van der Waals surface area contributed by atoms with E-state index >= 15 is 0 Å². The maximum absolute atomic E-state index is 9.86. The summed E-state index contributed by atoms with van der Waals surface area (Å²) in [6.45, 7) is 2.35. The molecule has 4 nitrogen and oxygen atoms in total. The van der Waals surface area contributed by atoms with Gasteiger partial charge in [0, 0.05) is 19.7 Å². The van der Waals surface area contributed by atoms with Crippen LogP contribution in [0.3, 0.4) is 0 Å². The van der Waals surface area contributed by atoms with Crippen LogP contribution < -0.4 is 10.1 Å². The van der Waals surface area contributed by atoms with E-state index < -0.39 is 6.10 Å². The molecule has 2 rings (SSSR count). The summed E-state index contributed by atoms with van der Waals surface area (Å²) in [4.78, 5) is 0. The van der Waals surface area contributed by atoms with E-state index in [-0.39, 0.29) is 12.7 Å². The summed E-state index contributed by atoms with van der Waals surface area (Å²) in [6, 6.07) is 7.25. The van der Waals surface area contributed by atoms with Gasteiger partial charge in [-0.2, -0.15) is 0 Å². The highest BCUT2D eigenvalue weighted by Gasteiger charge is 2.14. The fraction of sp³-hybridized carbons (Fsp3) is 0.600. The van der Waals surface area contributed by atoms with Gasteiger partial charge in [0.15, 0.2) is 0 Å². The molecule has 20 heavy (non-hydrogen) atoms. The van der Waals surface area contributed by atoms with E-state index in [0.717, 1.165) is 26.0 Å². The van der Waals surface area contributed by atoms with Crippen LogP contribution in [0.25, 0.3) is 0 Å². The van der Waals surface area contributed by atoms with E-state index in [1.165, 1.54) is 6.42 Å². The van der Waals surface area contributed by atoms with Crippen LogP contribution >= 0.6 is 11.6 Å². The summed E-state index contributed by atoms with van der Waals surface area (Å²) in [5.74, 6) is 0.601. The number of ether oxygens (including phenoxy) is 2. The quantitative estimate of drug-likeness (QED) is 0.811. The molecule has 0 amide bonds. The molecule has 1 aromatic carbocycles. The van der Waals surface area contributed by atoms with Crippen LogP contribution in [0.5, 0.6) is 5.75 Å². The molecule has 0 aromatic heterocycles. The number of rotatable bonds is 7. The van der Waals surface area contributed by atoms with Gasteiger partial charge >= 0.3 is 0 Å². The number of aliphatic hydroxyl groups excluding tert-OH is 1. The Morgan fingerprint density at radius 2 is 2.25 bits per heavy atom. The van der Waals surface area contributed by atoms with E-state index in [4.69, 9.17) is 21.1 Å². The molecule has 0 bridgehead atoms. The Kier molecular flexibility index (Phi) is 6.60. The maximum Gasteiger partial charge on any atom is 0.138 e. The van der Waals surface area contributed by atoms with E-state index in [1.807, 2.05) is 12.1 Å². The highest BCUT2D eigenvalue weighted by Crippen LogP contribution is 2.23. The van der Waals surface area contributed by atoms with Gasteiger partial charge in [-0.05, 0) is 31.4 Å². The van der Waals surface area contributed by atoms with Gasteiger partial charge in [-0.25, -0.2) is 0 Å². The van der Waals surface area contributed by atoms with Crippen molar-refractivity contribution in [2.24, 2.45) is 0 Å². The summed E-state index contributed by atoms with van der Waals surface area (Å²) in [5.41, 5.74) is 0. The first-order valence-corrected chi connectivity index (χ1v) is 7.51. The van der Waals surface area contributed by atoms with Crippen molar-refractivity contribution in [3.05, 3.63) is 29.3 Å². The number of para-hydroxylation sites is 1. The lowest BCUT2D eigenvalue weighted by molar-refractivity contribution is 0.0141. The molecule has 0 aliphatic carbocycles. The third kappa shape index (κ3) is 5.29. The van der Waals surface area contributed by atoms with Gasteiger partial charge in [-0.3, -0.25) is 0 Å². The maximum atomic E-state index is 9.86. The Morgan fingerprint density at radius 3 is 3.00 bits per heavy atom. The second-order valence-electron chi connectivity index (χ2n) is 5.04. The van der Waals surface area contributed by atoms with Crippen LogP contribution in [0.1, 0.15) is 19.3 Å². The van der Waals surface area contributed by atoms with Crippen molar-refractivity contribution in [1.29, 1.82) is 0 Å². The number of benzene rings is 1. The van der Waals surface area contributed by atoms with Crippen molar-refractivity contribution in [2.45, 2.75) is 31.5 Å².